The molecule has 110 valence electrons. The van der Waals surface area contributed by atoms with Gasteiger partial charge in [-0.05, 0) is 42.5 Å². The molecule has 1 aromatic carbocycles. The molecule has 0 amide bonds. The second kappa shape index (κ2) is 6.12. The van der Waals surface area contributed by atoms with Gasteiger partial charge in [0, 0.05) is 12.5 Å². The molecule has 3 rings (SSSR count). The van der Waals surface area contributed by atoms with Crippen LogP contribution in [0.3, 0.4) is 0 Å². The van der Waals surface area contributed by atoms with Crippen molar-refractivity contribution < 1.29 is 14.2 Å². The first kappa shape index (κ1) is 13.9. The van der Waals surface area contributed by atoms with E-state index in [9.17, 15) is 0 Å². The molecule has 1 saturated heterocycles. The van der Waals surface area contributed by atoms with E-state index in [-0.39, 0.29) is 12.1 Å². The fourth-order valence-corrected chi connectivity index (χ4v) is 3.08. The summed E-state index contributed by atoms with van der Waals surface area (Å²) in [5, 5.41) is 0. The van der Waals surface area contributed by atoms with E-state index in [1.807, 2.05) is 12.1 Å². The summed E-state index contributed by atoms with van der Waals surface area (Å²) in [5.74, 6) is 1.40. The zero-order valence-corrected chi connectivity index (χ0v) is 12.0. The average Bonchev–Trinajstić information content (AvgIpc) is 3.00. The van der Waals surface area contributed by atoms with Crippen LogP contribution in [0.25, 0.3) is 0 Å². The first-order valence-corrected chi connectivity index (χ1v) is 7.39. The van der Waals surface area contributed by atoms with Gasteiger partial charge in [-0.1, -0.05) is 6.07 Å². The van der Waals surface area contributed by atoms with Crippen molar-refractivity contribution in [1.29, 1.82) is 0 Å². The minimum atomic E-state index is -0.0591. The van der Waals surface area contributed by atoms with Crippen molar-refractivity contribution in [3.05, 3.63) is 29.3 Å². The van der Waals surface area contributed by atoms with Crippen molar-refractivity contribution in [2.45, 2.75) is 31.4 Å². The standard InChI is InChI=1S/C16H23NO3/c1-18-13-4-2-12-3-5-15(16(17)14(12)8-13)20-10-11-6-7-19-9-11/h2,4,8,11,15-16H,3,5-7,9-10,17H2,1H3. The van der Waals surface area contributed by atoms with E-state index in [2.05, 4.69) is 6.07 Å². The first-order valence-electron chi connectivity index (χ1n) is 7.39. The van der Waals surface area contributed by atoms with E-state index in [4.69, 9.17) is 19.9 Å². The molecule has 1 fully saturated rings. The lowest BCUT2D eigenvalue weighted by atomic mass is 9.86. The lowest BCUT2D eigenvalue weighted by Crippen LogP contribution is -2.35. The quantitative estimate of drug-likeness (QED) is 0.915. The highest BCUT2D eigenvalue weighted by Crippen LogP contribution is 2.33. The summed E-state index contributed by atoms with van der Waals surface area (Å²) < 4.78 is 16.7. The largest absolute Gasteiger partial charge is 0.497 e. The van der Waals surface area contributed by atoms with Gasteiger partial charge in [0.05, 0.1) is 32.5 Å². The lowest BCUT2D eigenvalue weighted by molar-refractivity contribution is 0.00290. The molecule has 1 aliphatic heterocycles. The van der Waals surface area contributed by atoms with Crippen molar-refractivity contribution >= 4 is 0 Å². The highest BCUT2D eigenvalue weighted by atomic mass is 16.5. The smallest absolute Gasteiger partial charge is 0.119 e. The molecule has 4 heteroatoms. The summed E-state index contributed by atoms with van der Waals surface area (Å²) in [6.07, 6.45) is 3.23. The Hall–Kier alpha value is -1.10. The lowest BCUT2D eigenvalue weighted by Gasteiger charge is -2.32. The zero-order chi connectivity index (χ0) is 13.9. The Balaban J connectivity index is 1.66. The molecule has 3 unspecified atom stereocenters. The number of methoxy groups -OCH3 is 1. The topological polar surface area (TPSA) is 53.7 Å². The Morgan fingerprint density at radius 1 is 1.35 bits per heavy atom. The van der Waals surface area contributed by atoms with Crippen LogP contribution in [0.2, 0.25) is 0 Å². The Kier molecular flexibility index (Phi) is 4.24. The number of aryl methyl sites for hydroxylation is 1. The molecule has 1 heterocycles. The number of benzene rings is 1. The highest BCUT2D eigenvalue weighted by molar-refractivity contribution is 5.39. The van der Waals surface area contributed by atoms with Crippen LogP contribution < -0.4 is 10.5 Å². The van der Waals surface area contributed by atoms with E-state index in [1.165, 1.54) is 11.1 Å². The van der Waals surface area contributed by atoms with Crippen LogP contribution in [0.4, 0.5) is 0 Å². The third kappa shape index (κ3) is 2.82. The summed E-state index contributed by atoms with van der Waals surface area (Å²) in [6.45, 7) is 2.45. The number of hydrogen-bond acceptors (Lipinski definition) is 4. The number of fused-ring (bicyclic) bond motifs is 1. The average molecular weight is 277 g/mol. The van der Waals surface area contributed by atoms with Gasteiger partial charge in [0.2, 0.25) is 0 Å². The van der Waals surface area contributed by atoms with Gasteiger partial charge in [-0.15, -0.1) is 0 Å². The fourth-order valence-electron chi connectivity index (χ4n) is 3.08. The van der Waals surface area contributed by atoms with E-state index < -0.39 is 0 Å². The van der Waals surface area contributed by atoms with E-state index >= 15 is 0 Å². The van der Waals surface area contributed by atoms with E-state index in [0.717, 1.165) is 44.8 Å². The molecule has 2 aliphatic rings. The minimum absolute atomic E-state index is 0.0591. The van der Waals surface area contributed by atoms with Crippen molar-refractivity contribution in [1.82, 2.24) is 0 Å². The summed E-state index contributed by atoms with van der Waals surface area (Å²) in [7, 11) is 1.68. The maximum absolute atomic E-state index is 6.39. The molecular weight excluding hydrogens is 254 g/mol. The van der Waals surface area contributed by atoms with Crippen LogP contribution in [0.1, 0.15) is 30.0 Å². The third-order valence-corrected chi connectivity index (χ3v) is 4.38. The van der Waals surface area contributed by atoms with Crippen LogP contribution in [-0.4, -0.2) is 33.0 Å². The molecule has 20 heavy (non-hydrogen) atoms. The second-order valence-corrected chi connectivity index (χ2v) is 5.73. The molecule has 0 radical (unpaired) electrons. The molecule has 3 atom stereocenters. The number of rotatable bonds is 4. The predicted octanol–water partition coefficient (Wildman–Crippen LogP) is 2.06. The minimum Gasteiger partial charge on any atom is -0.497 e. The molecule has 0 bridgehead atoms. The van der Waals surface area contributed by atoms with Crippen LogP contribution >= 0.6 is 0 Å². The molecule has 0 spiro atoms. The number of nitrogens with two attached hydrogens (primary N) is 1. The van der Waals surface area contributed by atoms with Gasteiger partial charge in [0.1, 0.15) is 5.75 Å². The maximum atomic E-state index is 6.39. The van der Waals surface area contributed by atoms with Gasteiger partial charge in [-0.2, -0.15) is 0 Å². The SMILES string of the molecule is COc1ccc2c(c1)C(N)C(OCC1CCOC1)CC2. The Morgan fingerprint density at radius 3 is 3.00 bits per heavy atom. The Morgan fingerprint density at radius 2 is 2.25 bits per heavy atom. The van der Waals surface area contributed by atoms with Crippen molar-refractivity contribution in [3.8, 4) is 5.75 Å². The van der Waals surface area contributed by atoms with Crippen molar-refractivity contribution in [2.24, 2.45) is 11.7 Å². The van der Waals surface area contributed by atoms with Crippen molar-refractivity contribution in [2.75, 3.05) is 26.9 Å². The van der Waals surface area contributed by atoms with Crippen LogP contribution in [0.15, 0.2) is 18.2 Å². The Labute approximate surface area is 120 Å². The van der Waals surface area contributed by atoms with Crippen LogP contribution in [-0.2, 0) is 15.9 Å². The Bertz CT molecular complexity index is 457. The van der Waals surface area contributed by atoms with Gasteiger partial charge in [-0.3, -0.25) is 0 Å². The predicted molar refractivity (Wildman–Crippen MR) is 76.9 cm³/mol. The number of ether oxygens (including phenoxy) is 3. The summed E-state index contributed by atoms with van der Waals surface area (Å²) >= 11 is 0. The van der Waals surface area contributed by atoms with E-state index in [0.29, 0.717) is 5.92 Å². The monoisotopic (exact) mass is 277 g/mol. The van der Waals surface area contributed by atoms with E-state index in [1.54, 1.807) is 7.11 Å². The summed E-state index contributed by atoms with van der Waals surface area (Å²) in [4.78, 5) is 0. The molecule has 1 aromatic rings. The maximum Gasteiger partial charge on any atom is 0.119 e. The molecule has 0 aromatic heterocycles. The van der Waals surface area contributed by atoms with Gasteiger partial charge < -0.3 is 19.9 Å². The first-order chi connectivity index (χ1) is 9.78. The number of hydrogen-bond donors (Lipinski definition) is 1. The third-order valence-electron chi connectivity index (χ3n) is 4.38. The van der Waals surface area contributed by atoms with Gasteiger partial charge in [-0.25, -0.2) is 0 Å². The van der Waals surface area contributed by atoms with Gasteiger partial charge >= 0.3 is 0 Å². The summed E-state index contributed by atoms with van der Waals surface area (Å²) in [5.41, 5.74) is 8.88. The second-order valence-electron chi connectivity index (χ2n) is 5.73. The normalized spacial score (nSPS) is 29.2. The molecular formula is C16H23NO3. The molecule has 0 saturated carbocycles. The summed E-state index contributed by atoms with van der Waals surface area (Å²) in [6, 6.07) is 6.11. The molecule has 2 N–H and O–H groups in total. The molecule has 1 aliphatic carbocycles. The van der Waals surface area contributed by atoms with Crippen molar-refractivity contribution in [3.63, 3.8) is 0 Å². The molecule has 4 nitrogen and oxygen atoms in total. The zero-order valence-electron chi connectivity index (χ0n) is 12.0. The fraction of sp³-hybridized carbons (Fsp3) is 0.625. The van der Waals surface area contributed by atoms with Crippen LogP contribution in [0.5, 0.6) is 5.75 Å². The van der Waals surface area contributed by atoms with Crippen LogP contribution in [0, 0.1) is 5.92 Å². The van der Waals surface area contributed by atoms with Gasteiger partial charge in [0.25, 0.3) is 0 Å². The van der Waals surface area contributed by atoms with Gasteiger partial charge in [0.15, 0.2) is 0 Å². The highest BCUT2D eigenvalue weighted by Gasteiger charge is 2.29.